The van der Waals surface area contributed by atoms with Gasteiger partial charge >= 0.3 is 0 Å². The Morgan fingerprint density at radius 1 is 1.43 bits per heavy atom. The number of hydrogen-bond acceptors (Lipinski definition) is 4. The van der Waals surface area contributed by atoms with Crippen LogP contribution in [0.15, 0.2) is 47.2 Å². The van der Waals surface area contributed by atoms with Gasteiger partial charge in [-0.25, -0.2) is 4.98 Å². The largest absolute Gasteiger partial charge is 0.437 e. The number of carbonyl (C=O) groups excluding carboxylic acids is 1. The van der Waals surface area contributed by atoms with Gasteiger partial charge in [-0.3, -0.25) is 9.89 Å². The number of likely N-dealkylation sites (N-methyl/N-ethyl adjacent to an activating group) is 1. The number of rotatable bonds is 4. The van der Waals surface area contributed by atoms with Crippen LogP contribution in [0, 0.1) is 0 Å². The standard InChI is InChI=1S/C15H14N4O2/c1-19(10-11-8-16-17-9-11)15(20)7-6-14-18-12-4-2-3-5-13(12)21-14/h2-9H,10H2,1H3,(H,16,17). The molecule has 1 amide bonds. The number of benzene rings is 1. The molecule has 106 valence electrons. The second-order valence-corrected chi connectivity index (χ2v) is 4.65. The average molecular weight is 282 g/mol. The van der Waals surface area contributed by atoms with E-state index in [9.17, 15) is 4.79 Å². The summed E-state index contributed by atoms with van der Waals surface area (Å²) >= 11 is 0. The number of fused-ring (bicyclic) bond motifs is 1. The Bertz CT molecular complexity index is 741. The van der Waals surface area contributed by atoms with Crippen molar-refractivity contribution < 1.29 is 9.21 Å². The molecule has 2 heterocycles. The van der Waals surface area contributed by atoms with Gasteiger partial charge in [0.05, 0.1) is 6.20 Å². The van der Waals surface area contributed by atoms with Crippen LogP contribution < -0.4 is 0 Å². The molecular formula is C15H14N4O2. The molecule has 0 saturated carbocycles. The predicted molar refractivity (Wildman–Crippen MR) is 78.1 cm³/mol. The van der Waals surface area contributed by atoms with Crippen molar-refractivity contribution in [2.75, 3.05) is 7.05 Å². The maximum absolute atomic E-state index is 12.0. The highest BCUT2D eigenvalue weighted by molar-refractivity contribution is 5.91. The van der Waals surface area contributed by atoms with Crippen molar-refractivity contribution in [2.45, 2.75) is 6.54 Å². The summed E-state index contributed by atoms with van der Waals surface area (Å²) < 4.78 is 5.52. The first kappa shape index (κ1) is 13.1. The number of nitrogens with one attached hydrogen (secondary N) is 1. The van der Waals surface area contributed by atoms with Crippen LogP contribution in [-0.2, 0) is 11.3 Å². The Morgan fingerprint density at radius 2 is 2.29 bits per heavy atom. The highest BCUT2D eigenvalue weighted by atomic mass is 16.3. The van der Waals surface area contributed by atoms with Gasteiger partial charge in [-0.1, -0.05) is 12.1 Å². The van der Waals surface area contributed by atoms with Gasteiger partial charge in [0.1, 0.15) is 5.52 Å². The van der Waals surface area contributed by atoms with Crippen molar-refractivity contribution in [1.29, 1.82) is 0 Å². The number of aromatic amines is 1. The molecule has 1 aromatic carbocycles. The second-order valence-electron chi connectivity index (χ2n) is 4.65. The normalized spacial score (nSPS) is 11.3. The molecule has 0 unspecified atom stereocenters. The summed E-state index contributed by atoms with van der Waals surface area (Å²) in [6.45, 7) is 0.493. The molecular weight excluding hydrogens is 268 g/mol. The molecule has 0 atom stereocenters. The number of aromatic nitrogens is 3. The van der Waals surface area contributed by atoms with Crippen molar-refractivity contribution in [3.63, 3.8) is 0 Å². The minimum Gasteiger partial charge on any atom is -0.437 e. The zero-order valence-corrected chi connectivity index (χ0v) is 11.5. The fourth-order valence-corrected chi connectivity index (χ4v) is 1.95. The van der Waals surface area contributed by atoms with Crippen LogP contribution in [0.1, 0.15) is 11.5 Å². The lowest BCUT2D eigenvalue weighted by Gasteiger charge is -2.13. The van der Waals surface area contributed by atoms with Crippen molar-refractivity contribution in [3.05, 3.63) is 54.2 Å². The third-order valence-corrected chi connectivity index (χ3v) is 3.03. The van der Waals surface area contributed by atoms with Crippen LogP contribution in [-0.4, -0.2) is 33.0 Å². The number of hydrogen-bond donors (Lipinski definition) is 1. The molecule has 0 spiro atoms. The molecule has 1 N–H and O–H groups in total. The lowest BCUT2D eigenvalue weighted by molar-refractivity contribution is -0.125. The number of oxazole rings is 1. The van der Waals surface area contributed by atoms with E-state index in [0.29, 0.717) is 18.0 Å². The van der Waals surface area contributed by atoms with E-state index in [2.05, 4.69) is 15.2 Å². The SMILES string of the molecule is CN(Cc1cn[nH]c1)C(=O)C=Cc1nc2ccccc2o1. The summed E-state index contributed by atoms with van der Waals surface area (Å²) in [5.41, 5.74) is 2.42. The van der Waals surface area contributed by atoms with Crippen LogP contribution in [0.25, 0.3) is 17.2 Å². The van der Waals surface area contributed by atoms with E-state index in [-0.39, 0.29) is 5.91 Å². The summed E-state index contributed by atoms with van der Waals surface area (Å²) in [5.74, 6) is 0.291. The van der Waals surface area contributed by atoms with Crippen LogP contribution in [0.4, 0.5) is 0 Å². The van der Waals surface area contributed by atoms with E-state index in [4.69, 9.17) is 4.42 Å². The smallest absolute Gasteiger partial charge is 0.246 e. The van der Waals surface area contributed by atoms with Crippen LogP contribution in [0.2, 0.25) is 0 Å². The summed E-state index contributed by atoms with van der Waals surface area (Å²) in [4.78, 5) is 17.9. The van der Waals surface area contributed by atoms with Crippen LogP contribution >= 0.6 is 0 Å². The van der Waals surface area contributed by atoms with E-state index < -0.39 is 0 Å². The minimum atomic E-state index is -0.126. The first-order valence-electron chi connectivity index (χ1n) is 6.49. The molecule has 0 radical (unpaired) electrons. The van der Waals surface area contributed by atoms with Gasteiger partial charge in [0, 0.05) is 37.5 Å². The van der Waals surface area contributed by atoms with Gasteiger partial charge in [0.25, 0.3) is 0 Å². The molecule has 0 bridgehead atoms. The van der Waals surface area contributed by atoms with Crippen LogP contribution in [0.3, 0.4) is 0 Å². The zero-order chi connectivity index (χ0) is 14.7. The molecule has 0 aliphatic heterocycles. The van der Waals surface area contributed by atoms with Gasteiger partial charge < -0.3 is 9.32 Å². The molecule has 0 aliphatic carbocycles. The number of carbonyl (C=O) groups is 1. The van der Waals surface area contributed by atoms with E-state index in [1.165, 1.54) is 6.08 Å². The Kier molecular flexibility index (Phi) is 3.51. The molecule has 6 heteroatoms. The summed E-state index contributed by atoms with van der Waals surface area (Å²) in [6, 6.07) is 7.47. The summed E-state index contributed by atoms with van der Waals surface area (Å²) in [5, 5.41) is 6.56. The molecule has 2 aromatic heterocycles. The average Bonchev–Trinajstić information content (AvgIpc) is 3.13. The van der Waals surface area contributed by atoms with Crippen molar-refractivity contribution in [3.8, 4) is 0 Å². The fraction of sp³-hybridized carbons (Fsp3) is 0.133. The summed E-state index contributed by atoms with van der Waals surface area (Å²) in [7, 11) is 1.73. The summed E-state index contributed by atoms with van der Waals surface area (Å²) in [6.07, 6.45) is 6.47. The minimum absolute atomic E-state index is 0.126. The van der Waals surface area contributed by atoms with Crippen molar-refractivity contribution in [1.82, 2.24) is 20.1 Å². The van der Waals surface area contributed by atoms with Crippen molar-refractivity contribution >= 4 is 23.1 Å². The third kappa shape index (κ3) is 3.00. The van der Waals surface area contributed by atoms with Crippen LogP contribution in [0.5, 0.6) is 0 Å². The maximum atomic E-state index is 12.0. The second kappa shape index (κ2) is 5.62. The zero-order valence-electron chi connectivity index (χ0n) is 11.5. The molecule has 21 heavy (non-hydrogen) atoms. The quantitative estimate of drug-likeness (QED) is 0.744. The monoisotopic (exact) mass is 282 g/mol. The molecule has 3 rings (SSSR count). The predicted octanol–water partition coefficient (Wildman–Crippen LogP) is 2.22. The molecule has 6 nitrogen and oxygen atoms in total. The highest BCUT2D eigenvalue weighted by Crippen LogP contribution is 2.15. The van der Waals surface area contributed by atoms with Gasteiger partial charge in [-0.2, -0.15) is 5.10 Å². The number of amides is 1. The molecule has 0 saturated heterocycles. The van der Waals surface area contributed by atoms with Gasteiger partial charge in [0.2, 0.25) is 11.8 Å². The van der Waals surface area contributed by atoms with E-state index in [1.54, 1.807) is 30.4 Å². The fourth-order valence-electron chi connectivity index (χ4n) is 1.95. The topological polar surface area (TPSA) is 75.0 Å². The Balaban J connectivity index is 1.68. The molecule has 3 aromatic rings. The Morgan fingerprint density at radius 3 is 3.05 bits per heavy atom. The Labute approximate surface area is 121 Å². The lowest BCUT2D eigenvalue weighted by Crippen LogP contribution is -2.23. The number of para-hydroxylation sites is 2. The number of nitrogens with zero attached hydrogens (tertiary/aromatic N) is 3. The van der Waals surface area contributed by atoms with E-state index in [0.717, 1.165) is 11.1 Å². The first-order valence-corrected chi connectivity index (χ1v) is 6.49. The van der Waals surface area contributed by atoms with E-state index >= 15 is 0 Å². The Hall–Kier alpha value is -2.89. The number of H-pyrrole nitrogens is 1. The maximum Gasteiger partial charge on any atom is 0.246 e. The molecule has 0 aliphatic rings. The van der Waals surface area contributed by atoms with Gasteiger partial charge in [0.15, 0.2) is 5.58 Å². The van der Waals surface area contributed by atoms with Gasteiger partial charge in [-0.15, -0.1) is 0 Å². The van der Waals surface area contributed by atoms with Gasteiger partial charge in [-0.05, 0) is 12.1 Å². The van der Waals surface area contributed by atoms with Crippen molar-refractivity contribution in [2.24, 2.45) is 0 Å². The van der Waals surface area contributed by atoms with E-state index in [1.807, 2.05) is 24.3 Å². The lowest BCUT2D eigenvalue weighted by atomic mass is 10.3. The molecule has 0 fully saturated rings. The third-order valence-electron chi connectivity index (χ3n) is 3.03. The highest BCUT2D eigenvalue weighted by Gasteiger charge is 2.07. The first-order chi connectivity index (χ1) is 10.2.